The lowest BCUT2D eigenvalue weighted by Gasteiger charge is -2.27. The summed E-state index contributed by atoms with van der Waals surface area (Å²) in [6.07, 6.45) is 4.71. The quantitative estimate of drug-likeness (QED) is 0.853. The molecule has 0 saturated carbocycles. The minimum absolute atomic E-state index is 0.0619. The van der Waals surface area contributed by atoms with Crippen molar-refractivity contribution >= 4 is 5.91 Å². The van der Waals surface area contributed by atoms with Crippen LogP contribution in [0.15, 0.2) is 24.3 Å². The highest BCUT2D eigenvalue weighted by molar-refractivity contribution is 5.76. The van der Waals surface area contributed by atoms with Gasteiger partial charge < -0.3 is 19.6 Å². The molecule has 2 heterocycles. The molecule has 0 aliphatic carbocycles. The largest absolute Gasteiger partial charge is 0.490 e. The highest BCUT2D eigenvalue weighted by Crippen LogP contribution is 2.24. The third kappa shape index (κ3) is 5.16. The van der Waals surface area contributed by atoms with Gasteiger partial charge >= 0.3 is 0 Å². The van der Waals surface area contributed by atoms with Crippen LogP contribution in [0.2, 0.25) is 0 Å². The number of piperidine rings is 1. The van der Waals surface area contributed by atoms with Gasteiger partial charge in [0.2, 0.25) is 5.91 Å². The number of rotatable bonds is 6. The first-order valence-electron chi connectivity index (χ1n) is 9.15. The van der Waals surface area contributed by atoms with Crippen molar-refractivity contribution in [2.24, 2.45) is 0 Å². The molecule has 2 fully saturated rings. The summed E-state index contributed by atoms with van der Waals surface area (Å²) in [5.41, 5.74) is -1.06. The van der Waals surface area contributed by atoms with Crippen LogP contribution in [0.25, 0.3) is 0 Å². The lowest BCUT2D eigenvalue weighted by molar-refractivity contribution is -0.131. The van der Waals surface area contributed by atoms with E-state index in [1.807, 2.05) is 0 Å². The Hall–Kier alpha value is -1.66. The molecule has 2 aliphatic heterocycles. The Balaban J connectivity index is 1.44. The summed E-state index contributed by atoms with van der Waals surface area (Å²) in [6, 6.07) is 5.86. The van der Waals surface area contributed by atoms with E-state index in [1.165, 1.54) is 31.4 Å². The van der Waals surface area contributed by atoms with Crippen molar-refractivity contribution < 1.29 is 19.0 Å². The van der Waals surface area contributed by atoms with E-state index in [0.29, 0.717) is 25.1 Å². The Morgan fingerprint density at radius 2 is 2.04 bits per heavy atom. The lowest BCUT2D eigenvalue weighted by atomic mass is 10.1. The van der Waals surface area contributed by atoms with Crippen molar-refractivity contribution in [3.63, 3.8) is 0 Å². The van der Waals surface area contributed by atoms with Gasteiger partial charge in [0.1, 0.15) is 23.8 Å². The number of ether oxygens (including phenoxy) is 1. The van der Waals surface area contributed by atoms with Crippen LogP contribution in [0.3, 0.4) is 0 Å². The summed E-state index contributed by atoms with van der Waals surface area (Å²) in [6.45, 7) is 3.85. The monoisotopic (exact) mass is 350 g/mol. The molecular formula is C19H27FN2O3. The molecule has 0 spiro atoms. The minimum atomic E-state index is -1.06. The maximum atomic E-state index is 13.2. The molecule has 0 aromatic heterocycles. The Morgan fingerprint density at radius 1 is 1.24 bits per heavy atom. The molecule has 2 aliphatic rings. The van der Waals surface area contributed by atoms with Gasteiger partial charge in [-0.05, 0) is 44.5 Å². The van der Waals surface area contributed by atoms with Gasteiger partial charge in [0, 0.05) is 25.6 Å². The lowest BCUT2D eigenvalue weighted by Crippen LogP contribution is -2.41. The normalized spacial score (nSPS) is 24.5. The van der Waals surface area contributed by atoms with Crippen LogP contribution < -0.4 is 4.74 Å². The number of aliphatic hydroxyl groups is 1. The van der Waals surface area contributed by atoms with Gasteiger partial charge in [0.15, 0.2) is 0 Å². The Labute approximate surface area is 148 Å². The number of carbonyl (C=O) groups excluding carboxylic acids is 1. The summed E-state index contributed by atoms with van der Waals surface area (Å²) in [5.74, 6) is 0.112. The standard InChI is InChI=1S/C19H27FN2O3/c20-16-5-4-6-17(13-16)25-15-19(24)8-12-22(14-19)18(23)7-11-21-9-2-1-3-10-21/h4-6,13,24H,1-3,7-12,14-15H2. The van der Waals surface area contributed by atoms with Gasteiger partial charge in [-0.1, -0.05) is 12.5 Å². The first kappa shape index (κ1) is 18.1. The smallest absolute Gasteiger partial charge is 0.223 e. The molecule has 25 heavy (non-hydrogen) atoms. The molecule has 1 aromatic carbocycles. The number of hydrogen-bond donors (Lipinski definition) is 1. The van der Waals surface area contributed by atoms with Crippen LogP contribution in [0, 0.1) is 5.82 Å². The van der Waals surface area contributed by atoms with Gasteiger partial charge in [-0.3, -0.25) is 4.79 Å². The zero-order valence-corrected chi connectivity index (χ0v) is 14.6. The molecule has 1 unspecified atom stereocenters. The van der Waals surface area contributed by atoms with E-state index in [4.69, 9.17) is 4.74 Å². The number of benzene rings is 1. The van der Waals surface area contributed by atoms with Gasteiger partial charge in [-0.15, -0.1) is 0 Å². The SMILES string of the molecule is O=C(CCN1CCCCC1)N1CCC(O)(COc2cccc(F)c2)C1. The van der Waals surface area contributed by atoms with E-state index in [9.17, 15) is 14.3 Å². The molecule has 0 bridgehead atoms. The number of halogens is 1. The molecule has 1 N–H and O–H groups in total. The van der Waals surface area contributed by atoms with Gasteiger partial charge in [-0.2, -0.15) is 0 Å². The Morgan fingerprint density at radius 3 is 2.80 bits per heavy atom. The maximum Gasteiger partial charge on any atom is 0.223 e. The third-order valence-electron chi connectivity index (χ3n) is 5.08. The zero-order valence-electron chi connectivity index (χ0n) is 14.6. The van der Waals surface area contributed by atoms with Crippen molar-refractivity contribution in [2.75, 3.05) is 39.3 Å². The summed E-state index contributed by atoms with van der Waals surface area (Å²) in [5, 5.41) is 10.6. The molecule has 5 nitrogen and oxygen atoms in total. The average Bonchev–Trinajstić information content (AvgIpc) is 3.02. The molecule has 1 amide bonds. The molecule has 6 heteroatoms. The second kappa shape index (κ2) is 8.15. The molecular weight excluding hydrogens is 323 g/mol. The number of amides is 1. The summed E-state index contributed by atoms with van der Waals surface area (Å²) in [4.78, 5) is 16.5. The predicted octanol–water partition coefficient (Wildman–Crippen LogP) is 2.04. The van der Waals surface area contributed by atoms with Gasteiger partial charge in [0.05, 0.1) is 6.54 Å². The van der Waals surface area contributed by atoms with E-state index in [1.54, 1.807) is 17.0 Å². The fourth-order valence-corrected chi connectivity index (χ4v) is 3.56. The molecule has 3 rings (SSSR count). The first-order valence-corrected chi connectivity index (χ1v) is 9.15. The second-order valence-corrected chi connectivity index (χ2v) is 7.19. The molecule has 2 saturated heterocycles. The molecule has 0 radical (unpaired) electrons. The van der Waals surface area contributed by atoms with Crippen molar-refractivity contribution in [1.82, 2.24) is 9.80 Å². The summed E-state index contributed by atoms with van der Waals surface area (Å²) < 4.78 is 18.7. The van der Waals surface area contributed by atoms with Crippen molar-refractivity contribution in [1.29, 1.82) is 0 Å². The van der Waals surface area contributed by atoms with Crippen LogP contribution in [0.1, 0.15) is 32.1 Å². The van der Waals surface area contributed by atoms with E-state index in [2.05, 4.69) is 4.90 Å². The highest BCUT2D eigenvalue weighted by atomic mass is 19.1. The number of likely N-dealkylation sites (tertiary alicyclic amines) is 2. The van der Waals surface area contributed by atoms with E-state index < -0.39 is 5.60 Å². The fourth-order valence-electron chi connectivity index (χ4n) is 3.56. The van der Waals surface area contributed by atoms with Crippen LogP contribution in [-0.4, -0.2) is 65.7 Å². The van der Waals surface area contributed by atoms with Gasteiger partial charge in [0.25, 0.3) is 0 Å². The number of β-amino-alcohol motifs (C(OH)–C–C–N with tert-alkyl or cyclic N) is 1. The second-order valence-electron chi connectivity index (χ2n) is 7.19. The van der Waals surface area contributed by atoms with Crippen LogP contribution in [0.5, 0.6) is 5.75 Å². The summed E-state index contributed by atoms with van der Waals surface area (Å²) in [7, 11) is 0. The topological polar surface area (TPSA) is 53.0 Å². The average molecular weight is 350 g/mol. The van der Waals surface area contributed by atoms with Crippen molar-refractivity contribution in [3.05, 3.63) is 30.1 Å². The number of carbonyl (C=O) groups is 1. The van der Waals surface area contributed by atoms with Crippen LogP contribution >= 0.6 is 0 Å². The van der Waals surface area contributed by atoms with Crippen LogP contribution in [-0.2, 0) is 4.79 Å². The molecule has 1 atom stereocenters. The van der Waals surface area contributed by atoms with E-state index in [0.717, 1.165) is 19.6 Å². The van der Waals surface area contributed by atoms with Crippen LogP contribution in [0.4, 0.5) is 4.39 Å². The predicted molar refractivity (Wildman–Crippen MR) is 92.9 cm³/mol. The minimum Gasteiger partial charge on any atom is -0.490 e. The Bertz CT molecular complexity index is 592. The van der Waals surface area contributed by atoms with E-state index >= 15 is 0 Å². The van der Waals surface area contributed by atoms with E-state index in [-0.39, 0.29) is 24.9 Å². The molecule has 1 aromatic rings. The van der Waals surface area contributed by atoms with Crippen molar-refractivity contribution in [3.8, 4) is 5.75 Å². The number of hydrogen-bond acceptors (Lipinski definition) is 4. The number of nitrogens with zero attached hydrogens (tertiary/aromatic N) is 2. The fraction of sp³-hybridized carbons (Fsp3) is 0.632. The highest BCUT2D eigenvalue weighted by Gasteiger charge is 2.38. The maximum absolute atomic E-state index is 13.2. The first-order chi connectivity index (χ1) is 12.0. The third-order valence-corrected chi connectivity index (χ3v) is 5.08. The summed E-state index contributed by atoms with van der Waals surface area (Å²) >= 11 is 0. The van der Waals surface area contributed by atoms with Gasteiger partial charge in [-0.25, -0.2) is 4.39 Å². The molecule has 138 valence electrons. The Kier molecular flexibility index (Phi) is 5.91. The van der Waals surface area contributed by atoms with Crippen molar-refractivity contribution in [2.45, 2.75) is 37.7 Å². The zero-order chi connectivity index (χ0) is 17.7.